The number of halogens is 2. The molecule has 0 spiro atoms. The predicted octanol–water partition coefficient (Wildman–Crippen LogP) is 6.83. The van der Waals surface area contributed by atoms with Crippen LogP contribution < -0.4 is 25.6 Å². The summed E-state index contributed by atoms with van der Waals surface area (Å²) in [7, 11) is -8.19. The first-order valence-corrected chi connectivity index (χ1v) is 22.0. The van der Waals surface area contributed by atoms with Gasteiger partial charge in [0.05, 0.1) is 10.6 Å². The lowest BCUT2D eigenvalue weighted by molar-refractivity contribution is 0.382. The molecule has 60 heavy (non-hydrogen) atoms. The van der Waals surface area contributed by atoms with E-state index in [0.29, 0.717) is 51.7 Å². The van der Waals surface area contributed by atoms with E-state index in [-0.39, 0.29) is 44.2 Å². The average molecular weight is 855 g/mol. The van der Waals surface area contributed by atoms with E-state index < -0.39 is 36.6 Å². The van der Waals surface area contributed by atoms with Crippen LogP contribution in [0.25, 0.3) is 11.1 Å². The van der Waals surface area contributed by atoms with Crippen molar-refractivity contribution >= 4 is 55.0 Å². The Morgan fingerprint density at radius 2 is 1.35 bits per heavy atom. The average Bonchev–Trinajstić information content (AvgIpc) is 3.21. The summed E-state index contributed by atoms with van der Waals surface area (Å²) < 4.78 is 86.6. The number of aromatic nitrogens is 4. The molecule has 4 aromatic carbocycles. The van der Waals surface area contributed by atoms with Crippen molar-refractivity contribution < 1.29 is 25.6 Å². The van der Waals surface area contributed by atoms with Gasteiger partial charge in [0.25, 0.3) is 0 Å². The van der Waals surface area contributed by atoms with Gasteiger partial charge < -0.3 is 20.9 Å². The number of hydrogen-bond acceptors (Lipinski definition) is 12. The Balaban J connectivity index is 1.06. The number of piperazine rings is 1. The van der Waals surface area contributed by atoms with Crippen molar-refractivity contribution in [3.63, 3.8) is 0 Å². The zero-order valence-corrected chi connectivity index (χ0v) is 35.0. The topological polar surface area (TPSA) is 174 Å². The van der Waals surface area contributed by atoms with Crippen molar-refractivity contribution in [2.24, 2.45) is 0 Å². The molecule has 14 nitrogen and oxygen atoms in total. The highest BCUT2D eigenvalue weighted by Gasteiger charge is 2.30. The zero-order chi connectivity index (χ0) is 42.6. The summed E-state index contributed by atoms with van der Waals surface area (Å²) in [6.07, 6.45) is 0. The molecule has 3 heterocycles. The number of sulfonamides is 2. The minimum Gasteiger partial charge on any atom is -0.353 e. The Labute approximate surface area is 348 Å². The number of aryl methyl sites for hydroxylation is 4. The van der Waals surface area contributed by atoms with Crippen LogP contribution in [0.4, 0.5) is 43.7 Å². The number of rotatable bonds is 14. The van der Waals surface area contributed by atoms with Crippen molar-refractivity contribution in [2.75, 3.05) is 60.1 Å². The van der Waals surface area contributed by atoms with Crippen molar-refractivity contribution in [2.45, 2.75) is 37.5 Å². The van der Waals surface area contributed by atoms with E-state index in [1.54, 1.807) is 13.0 Å². The second-order valence-electron chi connectivity index (χ2n) is 14.4. The first-order chi connectivity index (χ1) is 28.6. The molecule has 1 saturated heterocycles. The maximum absolute atomic E-state index is 15.9. The van der Waals surface area contributed by atoms with Crippen LogP contribution in [0.15, 0.2) is 107 Å². The second kappa shape index (κ2) is 17.6. The molecule has 7 rings (SSSR count). The lowest BCUT2D eigenvalue weighted by atomic mass is 10.0. The van der Waals surface area contributed by atoms with Crippen LogP contribution >= 0.6 is 0 Å². The number of anilines is 6. The summed E-state index contributed by atoms with van der Waals surface area (Å²) in [6.45, 7) is 8.30. The van der Waals surface area contributed by atoms with Crippen LogP contribution in [-0.4, -0.2) is 80.3 Å². The van der Waals surface area contributed by atoms with E-state index in [2.05, 4.69) is 30.6 Å². The van der Waals surface area contributed by atoms with Gasteiger partial charge in [-0.2, -0.15) is 14.3 Å². The largest absolute Gasteiger partial charge is 0.353 e. The summed E-state index contributed by atoms with van der Waals surface area (Å²) in [4.78, 5) is 19.6. The van der Waals surface area contributed by atoms with E-state index >= 15 is 4.39 Å². The van der Waals surface area contributed by atoms with Crippen LogP contribution in [0, 0.1) is 39.3 Å². The zero-order valence-electron chi connectivity index (χ0n) is 33.4. The lowest BCUT2D eigenvalue weighted by Gasteiger charge is -2.34. The van der Waals surface area contributed by atoms with E-state index in [1.165, 1.54) is 34.6 Å². The fourth-order valence-electron chi connectivity index (χ4n) is 6.62. The van der Waals surface area contributed by atoms with Gasteiger partial charge in [0, 0.05) is 68.0 Å². The first kappa shape index (κ1) is 42.1. The highest BCUT2D eigenvalue weighted by molar-refractivity contribution is 7.89. The molecule has 1 aliphatic rings. The summed E-state index contributed by atoms with van der Waals surface area (Å²) >= 11 is 0. The molecule has 1 aliphatic heterocycles. The third-order valence-corrected chi connectivity index (χ3v) is 13.1. The first-order valence-electron chi connectivity index (χ1n) is 19.1. The van der Waals surface area contributed by atoms with Gasteiger partial charge in [-0.1, -0.05) is 47.5 Å². The van der Waals surface area contributed by atoms with Gasteiger partial charge in [-0.3, -0.25) is 0 Å². The smallest absolute Gasteiger partial charge is 0.243 e. The van der Waals surface area contributed by atoms with Crippen molar-refractivity contribution in [3.8, 4) is 11.1 Å². The standard InChI is InChI=1S/C42H44F2N10O4S2/c1-27-8-13-33(14-9-27)49-38-24-29(3)47-41(51-38)45-18-19-46-59(55,56)37-17-12-31(25-36(37)44)39-30(4)48-42(52-40(39)50-34-15-10-28(2)11-16-34)53-20-22-54(23-21-53)60(57,58)35-7-5-6-32(43)26-35/h5-17,24-26,46H,18-23H2,1-4H3,(H,48,50,52)(H2,45,47,49,51). The molecular weight excluding hydrogens is 811 g/mol. The van der Waals surface area contributed by atoms with Crippen LogP contribution in [-0.2, 0) is 20.0 Å². The fraction of sp³-hybridized carbons (Fsp3) is 0.238. The Hall–Kier alpha value is -6.08. The summed E-state index contributed by atoms with van der Waals surface area (Å²) in [5.74, 6) is -0.0815. The molecule has 0 bridgehead atoms. The van der Waals surface area contributed by atoms with E-state index in [0.717, 1.165) is 28.9 Å². The van der Waals surface area contributed by atoms with Crippen LogP contribution in [0.5, 0.6) is 0 Å². The quantitative estimate of drug-likeness (QED) is 0.0843. The highest BCUT2D eigenvalue weighted by Crippen LogP contribution is 2.35. The van der Waals surface area contributed by atoms with Gasteiger partial charge >= 0.3 is 0 Å². The van der Waals surface area contributed by atoms with E-state index in [4.69, 9.17) is 9.97 Å². The Kier molecular flexibility index (Phi) is 12.4. The molecule has 0 aliphatic carbocycles. The highest BCUT2D eigenvalue weighted by atomic mass is 32.2. The van der Waals surface area contributed by atoms with Gasteiger partial charge in [-0.25, -0.2) is 40.3 Å². The van der Waals surface area contributed by atoms with Crippen LogP contribution in [0.1, 0.15) is 22.5 Å². The molecule has 0 saturated carbocycles. The molecular formula is C42H44F2N10O4S2. The molecule has 0 unspecified atom stereocenters. The van der Waals surface area contributed by atoms with Gasteiger partial charge in [0.1, 0.15) is 28.2 Å². The molecule has 312 valence electrons. The number of nitrogens with zero attached hydrogens (tertiary/aromatic N) is 6. The van der Waals surface area contributed by atoms with Gasteiger partial charge in [-0.05, 0) is 87.9 Å². The van der Waals surface area contributed by atoms with Crippen molar-refractivity contribution in [3.05, 3.63) is 131 Å². The third kappa shape index (κ3) is 9.85. The molecule has 0 radical (unpaired) electrons. The minimum atomic E-state index is -4.27. The summed E-state index contributed by atoms with van der Waals surface area (Å²) in [5.41, 5.74) is 5.68. The molecule has 6 aromatic rings. The molecule has 0 amide bonds. The van der Waals surface area contributed by atoms with E-state index in [9.17, 15) is 21.2 Å². The number of hydrogen-bond donors (Lipinski definition) is 4. The summed E-state index contributed by atoms with van der Waals surface area (Å²) in [5, 5.41) is 9.57. The monoisotopic (exact) mass is 854 g/mol. The molecule has 18 heteroatoms. The molecule has 2 aromatic heterocycles. The van der Waals surface area contributed by atoms with E-state index in [1.807, 2.05) is 74.2 Å². The van der Waals surface area contributed by atoms with Gasteiger partial charge in [0.15, 0.2) is 0 Å². The Morgan fingerprint density at radius 3 is 2.00 bits per heavy atom. The van der Waals surface area contributed by atoms with Gasteiger partial charge in [-0.15, -0.1) is 0 Å². The normalized spacial score (nSPS) is 13.6. The Morgan fingerprint density at radius 1 is 0.683 bits per heavy atom. The predicted molar refractivity (Wildman–Crippen MR) is 229 cm³/mol. The molecule has 4 N–H and O–H groups in total. The second-order valence-corrected chi connectivity index (χ2v) is 18.0. The van der Waals surface area contributed by atoms with Gasteiger partial charge in [0.2, 0.25) is 31.9 Å². The minimum absolute atomic E-state index is 0.0778. The third-order valence-electron chi connectivity index (χ3n) is 9.74. The molecule has 1 fully saturated rings. The number of benzene rings is 4. The molecule has 0 atom stereocenters. The SMILES string of the molecule is Cc1ccc(Nc2cc(C)nc(NCCNS(=O)(=O)c3ccc(-c4c(C)nc(N5CCN(S(=O)(=O)c6cccc(F)c6)CC5)nc4Nc4ccc(C)cc4)cc3F)n2)cc1. The Bertz CT molecular complexity index is 2730. The van der Waals surface area contributed by atoms with Crippen molar-refractivity contribution in [1.82, 2.24) is 29.0 Å². The maximum Gasteiger partial charge on any atom is 0.243 e. The maximum atomic E-state index is 15.9. The lowest BCUT2D eigenvalue weighted by Crippen LogP contribution is -2.49. The van der Waals surface area contributed by atoms with Crippen molar-refractivity contribution in [1.29, 1.82) is 0 Å². The number of nitrogens with one attached hydrogen (secondary N) is 4. The summed E-state index contributed by atoms with van der Waals surface area (Å²) in [6, 6.07) is 26.0. The fourth-order valence-corrected chi connectivity index (χ4v) is 9.17. The van der Waals surface area contributed by atoms with Crippen LogP contribution in [0.3, 0.4) is 0 Å². The van der Waals surface area contributed by atoms with Crippen LogP contribution in [0.2, 0.25) is 0 Å².